The average molecular weight is 398 g/mol. The second-order valence-electron chi connectivity index (χ2n) is 7.24. The predicted molar refractivity (Wildman–Crippen MR) is 110 cm³/mol. The molecule has 0 unspecified atom stereocenters. The van der Waals surface area contributed by atoms with Gasteiger partial charge in [-0.25, -0.2) is 4.98 Å². The van der Waals surface area contributed by atoms with Gasteiger partial charge in [0, 0.05) is 24.3 Å². The first-order chi connectivity index (χ1) is 13.7. The normalized spacial score (nSPS) is 15.6. The van der Waals surface area contributed by atoms with E-state index in [0.29, 0.717) is 17.6 Å². The lowest BCUT2D eigenvalue weighted by Crippen LogP contribution is -2.35. The second-order valence-corrected chi connectivity index (χ2v) is 7.65. The van der Waals surface area contributed by atoms with Gasteiger partial charge in [0.25, 0.3) is 5.89 Å². The van der Waals surface area contributed by atoms with Gasteiger partial charge in [-0.2, -0.15) is 4.98 Å². The number of rotatable bonds is 6. The van der Waals surface area contributed by atoms with Gasteiger partial charge in [-0.15, -0.1) is 0 Å². The van der Waals surface area contributed by atoms with Crippen LogP contribution in [-0.2, 0) is 6.54 Å². The molecule has 28 heavy (non-hydrogen) atoms. The minimum Gasteiger partial charge on any atom is -0.369 e. The lowest BCUT2D eigenvalue weighted by molar-refractivity contribution is 0.182. The number of aromatic nitrogens is 3. The highest BCUT2D eigenvalue weighted by Crippen LogP contribution is 2.26. The van der Waals surface area contributed by atoms with Gasteiger partial charge in [0.05, 0.1) is 5.56 Å². The molecule has 0 spiro atoms. The maximum absolute atomic E-state index is 6.30. The highest BCUT2D eigenvalue weighted by molar-refractivity contribution is 6.31. The van der Waals surface area contributed by atoms with E-state index in [0.717, 1.165) is 55.4 Å². The Morgan fingerprint density at radius 3 is 2.75 bits per heavy atom. The number of likely N-dealkylation sites (tertiary alicyclic amines) is 1. The third kappa shape index (κ3) is 4.51. The molecule has 0 radical (unpaired) electrons. The van der Waals surface area contributed by atoms with E-state index >= 15 is 0 Å². The molecule has 7 heteroatoms. The highest BCUT2D eigenvalue weighted by atomic mass is 35.5. The lowest BCUT2D eigenvalue weighted by atomic mass is 9.96. The van der Waals surface area contributed by atoms with Crippen LogP contribution in [0.25, 0.3) is 11.5 Å². The number of hydrogen-bond acceptors (Lipinski definition) is 6. The smallest absolute Gasteiger partial charge is 0.261 e. The summed E-state index contributed by atoms with van der Waals surface area (Å²) < 4.78 is 5.30. The number of nitrogens with zero attached hydrogens (tertiary/aromatic N) is 4. The van der Waals surface area contributed by atoms with E-state index in [-0.39, 0.29) is 0 Å². The van der Waals surface area contributed by atoms with Gasteiger partial charge in [0.2, 0.25) is 0 Å². The molecule has 1 N–H and O–H groups in total. The topological polar surface area (TPSA) is 67.1 Å². The molecule has 1 fully saturated rings. The Bertz CT molecular complexity index is 920. The molecule has 1 aromatic carbocycles. The Morgan fingerprint density at radius 1 is 1.18 bits per heavy atom. The third-order valence-electron chi connectivity index (χ3n) is 5.18. The number of piperidine rings is 1. The van der Waals surface area contributed by atoms with Crippen molar-refractivity contribution in [2.45, 2.75) is 26.3 Å². The maximum atomic E-state index is 6.30. The van der Waals surface area contributed by atoms with Crippen LogP contribution in [0.3, 0.4) is 0 Å². The summed E-state index contributed by atoms with van der Waals surface area (Å²) in [5, 5.41) is 8.21. The van der Waals surface area contributed by atoms with Crippen molar-refractivity contribution in [1.82, 2.24) is 20.0 Å². The molecule has 146 valence electrons. The highest BCUT2D eigenvalue weighted by Gasteiger charge is 2.21. The van der Waals surface area contributed by atoms with Gasteiger partial charge in [0.1, 0.15) is 5.82 Å². The Morgan fingerprint density at radius 2 is 2.00 bits per heavy atom. The molecular formula is C21H24ClN5O. The number of benzene rings is 1. The third-order valence-corrected chi connectivity index (χ3v) is 5.55. The molecule has 0 aliphatic carbocycles. The summed E-state index contributed by atoms with van der Waals surface area (Å²) in [7, 11) is 0. The van der Waals surface area contributed by atoms with Crippen LogP contribution in [0.5, 0.6) is 0 Å². The average Bonchev–Trinajstić information content (AvgIpc) is 3.15. The zero-order chi connectivity index (χ0) is 19.3. The van der Waals surface area contributed by atoms with E-state index in [1.807, 2.05) is 37.3 Å². The van der Waals surface area contributed by atoms with Gasteiger partial charge in [0.15, 0.2) is 5.82 Å². The number of hydrogen-bond donors (Lipinski definition) is 1. The monoisotopic (exact) mass is 397 g/mol. The molecule has 3 heterocycles. The van der Waals surface area contributed by atoms with E-state index in [2.05, 4.69) is 31.4 Å². The van der Waals surface area contributed by atoms with Crippen molar-refractivity contribution in [3.05, 3.63) is 59.0 Å². The van der Waals surface area contributed by atoms with Crippen LogP contribution in [0.15, 0.2) is 47.1 Å². The first-order valence-corrected chi connectivity index (χ1v) is 10.0. The maximum Gasteiger partial charge on any atom is 0.261 e. The summed E-state index contributed by atoms with van der Waals surface area (Å²) >= 11 is 6.30. The fraction of sp³-hybridized carbons (Fsp3) is 0.381. The van der Waals surface area contributed by atoms with E-state index in [9.17, 15) is 0 Å². The van der Waals surface area contributed by atoms with E-state index in [1.165, 1.54) is 5.56 Å². The molecule has 0 saturated carbocycles. The fourth-order valence-electron chi connectivity index (χ4n) is 3.58. The van der Waals surface area contributed by atoms with Crippen molar-refractivity contribution in [3.8, 4) is 11.5 Å². The molecule has 0 bridgehead atoms. The van der Waals surface area contributed by atoms with Crippen molar-refractivity contribution in [1.29, 1.82) is 0 Å². The van der Waals surface area contributed by atoms with Gasteiger partial charge in [-0.05, 0) is 62.5 Å². The molecule has 1 aliphatic rings. The molecule has 2 aromatic heterocycles. The van der Waals surface area contributed by atoms with Gasteiger partial charge >= 0.3 is 0 Å². The van der Waals surface area contributed by atoms with Gasteiger partial charge in [-0.3, -0.25) is 4.90 Å². The summed E-state index contributed by atoms with van der Waals surface area (Å²) in [6, 6.07) is 11.9. The first kappa shape index (κ1) is 18.9. The van der Waals surface area contributed by atoms with Crippen molar-refractivity contribution >= 4 is 17.4 Å². The Kier molecular flexibility index (Phi) is 5.88. The molecule has 1 aliphatic heterocycles. The van der Waals surface area contributed by atoms with Crippen LogP contribution in [0.2, 0.25) is 5.02 Å². The SMILES string of the molecule is Cc1noc(-c2cccnc2NCC2CCN(Cc3ccccc3Cl)CC2)n1. The van der Waals surface area contributed by atoms with Crippen molar-refractivity contribution in [2.24, 2.45) is 5.92 Å². The van der Waals surface area contributed by atoms with Crippen molar-refractivity contribution in [3.63, 3.8) is 0 Å². The predicted octanol–water partition coefficient (Wildman–Crippen LogP) is 4.42. The summed E-state index contributed by atoms with van der Waals surface area (Å²) in [6.07, 6.45) is 4.08. The number of aryl methyl sites for hydroxylation is 1. The summed E-state index contributed by atoms with van der Waals surface area (Å²) in [6.45, 7) is 5.77. The fourth-order valence-corrected chi connectivity index (χ4v) is 3.78. The molecule has 1 saturated heterocycles. The Balaban J connectivity index is 1.31. The first-order valence-electron chi connectivity index (χ1n) is 9.64. The Labute approximate surface area is 169 Å². The molecule has 3 aromatic rings. The number of anilines is 1. The van der Waals surface area contributed by atoms with Crippen molar-refractivity contribution in [2.75, 3.05) is 25.0 Å². The number of halogens is 1. The lowest BCUT2D eigenvalue weighted by Gasteiger charge is -2.32. The minimum absolute atomic E-state index is 0.502. The largest absolute Gasteiger partial charge is 0.369 e. The van der Waals surface area contributed by atoms with Crippen LogP contribution in [0.4, 0.5) is 5.82 Å². The van der Waals surface area contributed by atoms with E-state index in [4.69, 9.17) is 16.1 Å². The summed E-state index contributed by atoms with van der Waals surface area (Å²) in [5.41, 5.74) is 2.05. The zero-order valence-electron chi connectivity index (χ0n) is 15.9. The molecular weight excluding hydrogens is 374 g/mol. The molecule has 0 amide bonds. The van der Waals surface area contributed by atoms with Crippen LogP contribution in [0.1, 0.15) is 24.2 Å². The molecule has 6 nitrogen and oxygen atoms in total. The minimum atomic E-state index is 0.502. The summed E-state index contributed by atoms with van der Waals surface area (Å²) in [4.78, 5) is 11.3. The van der Waals surface area contributed by atoms with Crippen molar-refractivity contribution < 1.29 is 4.52 Å². The van der Waals surface area contributed by atoms with Gasteiger partial charge in [-0.1, -0.05) is 35.0 Å². The zero-order valence-corrected chi connectivity index (χ0v) is 16.7. The quantitative estimate of drug-likeness (QED) is 0.664. The molecule has 4 rings (SSSR count). The molecule has 0 atom stereocenters. The van der Waals surface area contributed by atoms with Gasteiger partial charge < -0.3 is 9.84 Å². The number of pyridine rings is 1. The summed E-state index contributed by atoms with van der Waals surface area (Å²) in [5.74, 6) is 2.53. The van der Waals surface area contributed by atoms with E-state index < -0.39 is 0 Å². The van der Waals surface area contributed by atoms with Crippen LogP contribution in [0, 0.1) is 12.8 Å². The van der Waals surface area contributed by atoms with Crippen LogP contribution < -0.4 is 5.32 Å². The second kappa shape index (κ2) is 8.71. The number of nitrogens with one attached hydrogen (secondary N) is 1. The Hall–Kier alpha value is -2.44. The van der Waals surface area contributed by atoms with Crippen LogP contribution in [-0.4, -0.2) is 39.7 Å². The van der Waals surface area contributed by atoms with Crippen LogP contribution >= 0.6 is 11.6 Å². The van der Waals surface area contributed by atoms with E-state index in [1.54, 1.807) is 6.20 Å². The standard InChI is InChI=1S/C21H24ClN5O/c1-15-25-21(28-26-15)18-6-4-10-23-20(18)24-13-16-8-11-27(12-9-16)14-17-5-2-3-7-19(17)22/h2-7,10,16H,8-9,11-14H2,1H3,(H,23,24).